The lowest BCUT2D eigenvalue weighted by molar-refractivity contribution is -0.126. The number of benzene rings is 1. The monoisotopic (exact) mass is 266 g/mol. The van der Waals surface area contributed by atoms with Crippen molar-refractivity contribution in [1.29, 1.82) is 0 Å². The number of ether oxygens (including phenoxy) is 2. The molecular weight excluding hydrogens is 252 g/mol. The lowest BCUT2D eigenvalue weighted by Crippen LogP contribution is -2.42. The zero-order valence-electron chi connectivity index (χ0n) is 10.5. The molecule has 7 nitrogen and oxygen atoms in total. The Labute approximate surface area is 109 Å². The standard InChI is InChI=1S/C12H14N2O5/c1-7(11(16)14-12(13)17)19-10-4-3-9(18-2)5-8(10)6-15/h3-7H,1-2H3,(H3,13,14,16,17). The van der Waals surface area contributed by atoms with Gasteiger partial charge in [0, 0.05) is 0 Å². The number of urea groups is 1. The molecule has 0 aliphatic heterocycles. The first-order valence-corrected chi connectivity index (χ1v) is 5.38. The Bertz CT molecular complexity index is 501. The molecule has 0 aromatic heterocycles. The summed E-state index contributed by atoms with van der Waals surface area (Å²) >= 11 is 0. The highest BCUT2D eigenvalue weighted by Crippen LogP contribution is 2.23. The van der Waals surface area contributed by atoms with E-state index in [-0.39, 0.29) is 11.3 Å². The molecule has 19 heavy (non-hydrogen) atoms. The zero-order valence-corrected chi connectivity index (χ0v) is 10.5. The van der Waals surface area contributed by atoms with Crippen molar-refractivity contribution in [3.63, 3.8) is 0 Å². The van der Waals surface area contributed by atoms with Crippen molar-refractivity contribution in [3.05, 3.63) is 23.8 Å². The Morgan fingerprint density at radius 1 is 1.42 bits per heavy atom. The third kappa shape index (κ3) is 3.98. The summed E-state index contributed by atoms with van der Waals surface area (Å²) in [6.07, 6.45) is -0.393. The predicted molar refractivity (Wildman–Crippen MR) is 66.2 cm³/mol. The molecule has 0 spiro atoms. The topological polar surface area (TPSA) is 108 Å². The second-order valence-corrected chi connectivity index (χ2v) is 3.64. The van der Waals surface area contributed by atoms with Crippen molar-refractivity contribution >= 4 is 18.2 Å². The molecule has 0 aliphatic carbocycles. The van der Waals surface area contributed by atoms with E-state index < -0.39 is 18.0 Å². The molecule has 0 bridgehead atoms. The van der Waals surface area contributed by atoms with E-state index in [0.717, 1.165) is 0 Å². The molecule has 7 heteroatoms. The number of nitrogens with one attached hydrogen (secondary N) is 1. The molecule has 3 N–H and O–H groups in total. The molecule has 0 radical (unpaired) electrons. The molecule has 0 saturated carbocycles. The summed E-state index contributed by atoms with van der Waals surface area (Å²) in [6, 6.07) is 3.59. The Balaban J connectivity index is 2.84. The fourth-order valence-corrected chi connectivity index (χ4v) is 1.32. The predicted octanol–water partition coefficient (Wildman–Crippen LogP) is 0.470. The van der Waals surface area contributed by atoms with Gasteiger partial charge in [-0.1, -0.05) is 0 Å². The number of carbonyl (C=O) groups excluding carboxylic acids is 3. The maximum Gasteiger partial charge on any atom is 0.318 e. The van der Waals surface area contributed by atoms with Gasteiger partial charge in [0.2, 0.25) is 0 Å². The first-order chi connectivity index (χ1) is 8.97. The van der Waals surface area contributed by atoms with Crippen molar-refractivity contribution in [1.82, 2.24) is 5.32 Å². The summed E-state index contributed by atoms with van der Waals surface area (Å²) < 4.78 is 10.3. The van der Waals surface area contributed by atoms with Gasteiger partial charge in [0.25, 0.3) is 5.91 Å². The Morgan fingerprint density at radius 3 is 2.63 bits per heavy atom. The van der Waals surface area contributed by atoms with Crippen LogP contribution >= 0.6 is 0 Å². The van der Waals surface area contributed by atoms with E-state index >= 15 is 0 Å². The summed E-state index contributed by atoms with van der Waals surface area (Å²) in [5.74, 6) is 0.00628. The molecule has 0 aliphatic rings. The van der Waals surface area contributed by atoms with Crippen molar-refractivity contribution in [2.24, 2.45) is 5.73 Å². The molecule has 0 heterocycles. The van der Waals surface area contributed by atoms with Crippen LogP contribution in [0, 0.1) is 0 Å². The van der Waals surface area contributed by atoms with Crippen LogP contribution in [0.1, 0.15) is 17.3 Å². The van der Waals surface area contributed by atoms with Crippen LogP contribution in [-0.2, 0) is 4.79 Å². The van der Waals surface area contributed by atoms with Gasteiger partial charge in [0.15, 0.2) is 12.4 Å². The maximum absolute atomic E-state index is 11.4. The van der Waals surface area contributed by atoms with Crippen LogP contribution in [0.4, 0.5) is 4.79 Å². The maximum atomic E-state index is 11.4. The van der Waals surface area contributed by atoms with Gasteiger partial charge < -0.3 is 15.2 Å². The highest BCUT2D eigenvalue weighted by molar-refractivity contribution is 5.95. The fraction of sp³-hybridized carbons (Fsp3) is 0.250. The molecular formula is C12H14N2O5. The van der Waals surface area contributed by atoms with E-state index in [0.29, 0.717) is 12.0 Å². The van der Waals surface area contributed by atoms with E-state index in [1.165, 1.54) is 26.2 Å². The highest BCUT2D eigenvalue weighted by atomic mass is 16.5. The first-order valence-electron chi connectivity index (χ1n) is 5.38. The second-order valence-electron chi connectivity index (χ2n) is 3.64. The van der Waals surface area contributed by atoms with E-state index in [1.807, 2.05) is 5.32 Å². The number of rotatable bonds is 5. The lowest BCUT2D eigenvalue weighted by Gasteiger charge is -2.15. The Kier molecular flexibility index (Phi) is 4.87. The summed E-state index contributed by atoms with van der Waals surface area (Å²) in [6.45, 7) is 1.43. The van der Waals surface area contributed by atoms with Crippen LogP contribution in [0.2, 0.25) is 0 Å². The van der Waals surface area contributed by atoms with Crippen molar-refractivity contribution in [3.8, 4) is 11.5 Å². The molecule has 1 atom stereocenters. The quantitative estimate of drug-likeness (QED) is 0.753. The van der Waals surface area contributed by atoms with Gasteiger partial charge in [0.05, 0.1) is 12.7 Å². The second kappa shape index (κ2) is 6.39. The van der Waals surface area contributed by atoms with Crippen molar-refractivity contribution in [2.45, 2.75) is 13.0 Å². The minimum Gasteiger partial charge on any atom is -0.497 e. The van der Waals surface area contributed by atoms with Gasteiger partial charge in [-0.15, -0.1) is 0 Å². The molecule has 1 aromatic rings. The number of imide groups is 1. The van der Waals surface area contributed by atoms with Gasteiger partial charge in [-0.2, -0.15) is 0 Å². The van der Waals surface area contributed by atoms with Crippen LogP contribution < -0.4 is 20.5 Å². The van der Waals surface area contributed by atoms with Crippen LogP contribution in [0.5, 0.6) is 11.5 Å². The van der Waals surface area contributed by atoms with E-state index in [9.17, 15) is 14.4 Å². The smallest absolute Gasteiger partial charge is 0.318 e. The Hall–Kier alpha value is -2.57. The van der Waals surface area contributed by atoms with E-state index in [1.54, 1.807) is 6.07 Å². The molecule has 102 valence electrons. The number of hydrogen-bond acceptors (Lipinski definition) is 5. The molecule has 0 saturated heterocycles. The minimum atomic E-state index is -0.973. The molecule has 0 fully saturated rings. The number of aldehydes is 1. The van der Waals surface area contributed by atoms with Crippen LogP contribution in [-0.4, -0.2) is 31.4 Å². The largest absolute Gasteiger partial charge is 0.497 e. The summed E-state index contributed by atoms with van der Waals surface area (Å²) in [5.41, 5.74) is 5.05. The van der Waals surface area contributed by atoms with Crippen LogP contribution in [0.25, 0.3) is 0 Å². The van der Waals surface area contributed by atoms with Crippen LogP contribution in [0.15, 0.2) is 18.2 Å². The Morgan fingerprint density at radius 2 is 2.11 bits per heavy atom. The third-order valence-electron chi connectivity index (χ3n) is 2.26. The van der Waals surface area contributed by atoms with E-state index in [4.69, 9.17) is 15.2 Å². The first kappa shape index (κ1) is 14.5. The van der Waals surface area contributed by atoms with Gasteiger partial charge >= 0.3 is 6.03 Å². The van der Waals surface area contributed by atoms with E-state index in [2.05, 4.69) is 0 Å². The highest BCUT2D eigenvalue weighted by Gasteiger charge is 2.17. The van der Waals surface area contributed by atoms with Crippen LogP contribution in [0.3, 0.4) is 0 Å². The van der Waals surface area contributed by atoms with Crippen molar-refractivity contribution < 1.29 is 23.9 Å². The van der Waals surface area contributed by atoms with Gasteiger partial charge in [-0.3, -0.25) is 14.9 Å². The fourth-order valence-electron chi connectivity index (χ4n) is 1.32. The molecule has 1 rings (SSSR count). The van der Waals surface area contributed by atoms with Gasteiger partial charge in [-0.25, -0.2) is 4.79 Å². The number of methoxy groups -OCH3 is 1. The molecule has 1 aromatic carbocycles. The number of carbonyl (C=O) groups is 3. The van der Waals surface area contributed by atoms with Gasteiger partial charge in [0.1, 0.15) is 11.5 Å². The molecule has 1 unspecified atom stereocenters. The number of amides is 3. The average molecular weight is 266 g/mol. The SMILES string of the molecule is COc1ccc(OC(C)C(=O)NC(N)=O)c(C=O)c1. The zero-order chi connectivity index (χ0) is 14.4. The van der Waals surface area contributed by atoms with Gasteiger partial charge in [-0.05, 0) is 25.1 Å². The number of hydrogen-bond donors (Lipinski definition) is 2. The normalized spacial score (nSPS) is 11.3. The summed E-state index contributed by atoms with van der Waals surface area (Å²) in [7, 11) is 1.47. The van der Waals surface area contributed by atoms with Crippen molar-refractivity contribution in [2.75, 3.05) is 7.11 Å². The number of primary amides is 1. The summed E-state index contributed by atoms with van der Waals surface area (Å²) in [5, 5.41) is 1.88. The minimum absolute atomic E-state index is 0.211. The summed E-state index contributed by atoms with van der Waals surface area (Å²) in [4.78, 5) is 32.9. The molecule has 3 amide bonds. The lowest BCUT2D eigenvalue weighted by atomic mass is 10.2. The third-order valence-corrected chi connectivity index (χ3v) is 2.26. The number of nitrogens with two attached hydrogens (primary N) is 1. The average Bonchev–Trinajstić information content (AvgIpc) is 2.38.